The predicted molar refractivity (Wildman–Crippen MR) is 107 cm³/mol. The third kappa shape index (κ3) is 3.41. The van der Waals surface area contributed by atoms with Gasteiger partial charge < -0.3 is 10.4 Å². The van der Waals surface area contributed by atoms with Crippen molar-refractivity contribution < 1.29 is 29.1 Å². The van der Waals surface area contributed by atoms with Crippen molar-refractivity contribution in [3.05, 3.63) is 65.2 Å². The Kier molecular flexibility index (Phi) is 5.00. The van der Waals surface area contributed by atoms with Gasteiger partial charge in [0.15, 0.2) is 5.37 Å². The smallest absolute Gasteiger partial charge is 0.335 e. The van der Waals surface area contributed by atoms with Gasteiger partial charge in [-0.25, -0.2) is 4.79 Å². The number of thioether (sulfide) groups is 1. The highest BCUT2D eigenvalue weighted by atomic mass is 32.2. The molecule has 2 N–H and O–H groups in total. The maximum Gasteiger partial charge on any atom is 0.335 e. The summed E-state index contributed by atoms with van der Waals surface area (Å²) >= 11 is 0.780. The van der Waals surface area contributed by atoms with Crippen molar-refractivity contribution in [2.45, 2.75) is 5.37 Å². The molecule has 2 heterocycles. The standard InChI is InChI=1S/C20H15N3O6S/c24-16-13-3-1-2-4-14(13)17(25)22(16)9-10-23-18(26)15(30-20(23)29)21-12-7-5-11(6-8-12)19(27)28/h1-8,15,21H,9-10H2,(H,27,28)/t15-/m1/s1. The average Bonchev–Trinajstić information content (AvgIpc) is 3.14. The van der Waals surface area contributed by atoms with Crippen LogP contribution in [0.25, 0.3) is 0 Å². The second-order valence-electron chi connectivity index (χ2n) is 6.59. The summed E-state index contributed by atoms with van der Waals surface area (Å²) in [6, 6.07) is 12.2. The van der Waals surface area contributed by atoms with Gasteiger partial charge >= 0.3 is 5.97 Å². The summed E-state index contributed by atoms with van der Waals surface area (Å²) in [4.78, 5) is 62.7. The number of nitrogens with one attached hydrogen (secondary N) is 1. The van der Waals surface area contributed by atoms with E-state index in [4.69, 9.17) is 5.11 Å². The van der Waals surface area contributed by atoms with E-state index in [-0.39, 0.29) is 18.7 Å². The van der Waals surface area contributed by atoms with Crippen LogP contribution in [0, 0.1) is 0 Å². The van der Waals surface area contributed by atoms with E-state index in [2.05, 4.69) is 5.32 Å². The van der Waals surface area contributed by atoms with Gasteiger partial charge in [-0.15, -0.1) is 0 Å². The van der Waals surface area contributed by atoms with Gasteiger partial charge in [0, 0.05) is 18.8 Å². The lowest BCUT2D eigenvalue weighted by atomic mass is 10.1. The van der Waals surface area contributed by atoms with Gasteiger partial charge in [0.2, 0.25) is 0 Å². The van der Waals surface area contributed by atoms with Gasteiger partial charge in [-0.2, -0.15) is 0 Å². The lowest BCUT2D eigenvalue weighted by molar-refractivity contribution is -0.126. The minimum Gasteiger partial charge on any atom is -0.478 e. The number of hydrogen-bond acceptors (Lipinski definition) is 7. The summed E-state index contributed by atoms with van der Waals surface area (Å²) < 4.78 is 0. The first kappa shape index (κ1) is 19.6. The Morgan fingerprint density at radius 2 is 1.47 bits per heavy atom. The van der Waals surface area contributed by atoms with E-state index in [1.54, 1.807) is 24.3 Å². The van der Waals surface area contributed by atoms with E-state index < -0.39 is 34.3 Å². The highest BCUT2D eigenvalue weighted by molar-refractivity contribution is 8.15. The van der Waals surface area contributed by atoms with Gasteiger partial charge in [-0.05, 0) is 48.2 Å². The van der Waals surface area contributed by atoms with E-state index in [0.717, 1.165) is 21.6 Å². The van der Waals surface area contributed by atoms with Crippen LogP contribution in [0.1, 0.15) is 31.1 Å². The molecular weight excluding hydrogens is 410 g/mol. The number of rotatable bonds is 6. The molecule has 0 saturated carbocycles. The van der Waals surface area contributed by atoms with Gasteiger partial charge in [0.05, 0.1) is 16.7 Å². The summed E-state index contributed by atoms with van der Waals surface area (Å²) in [5.41, 5.74) is 1.20. The highest BCUT2D eigenvalue weighted by Gasteiger charge is 2.41. The molecule has 4 rings (SSSR count). The molecule has 0 bridgehead atoms. The van der Waals surface area contributed by atoms with Crippen molar-refractivity contribution in [3.8, 4) is 0 Å². The molecule has 2 aromatic carbocycles. The highest BCUT2D eigenvalue weighted by Crippen LogP contribution is 2.29. The van der Waals surface area contributed by atoms with Gasteiger partial charge in [-0.3, -0.25) is 29.0 Å². The number of fused-ring (bicyclic) bond motifs is 1. The number of nitrogens with zero attached hydrogens (tertiary/aromatic N) is 2. The van der Waals surface area contributed by atoms with E-state index in [1.165, 1.54) is 24.3 Å². The molecule has 152 valence electrons. The zero-order chi connectivity index (χ0) is 21.4. The van der Waals surface area contributed by atoms with Crippen LogP contribution in [0.15, 0.2) is 48.5 Å². The molecule has 0 unspecified atom stereocenters. The van der Waals surface area contributed by atoms with Crippen LogP contribution in [-0.2, 0) is 4.79 Å². The lowest BCUT2D eigenvalue weighted by Crippen LogP contribution is -2.41. The van der Waals surface area contributed by atoms with Crippen LogP contribution in [0.3, 0.4) is 0 Å². The fourth-order valence-corrected chi connectivity index (χ4v) is 4.17. The minimum atomic E-state index is -1.07. The van der Waals surface area contributed by atoms with Crippen LogP contribution in [0.4, 0.5) is 10.5 Å². The first-order valence-electron chi connectivity index (χ1n) is 8.94. The summed E-state index contributed by atoms with van der Waals surface area (Å²) in [6.07, 6.45) is 0. The van der Waals surface area contributed by atoms with Crippen molar-refractivity contribution >= 4 is 46.4 Å². The molecular formula is C20H15N3O6S. The number of anilines is 1. The number of carboxylic acids is 1. The average molecular weight is 425 g/mol. The fraction of sp³-hybridized carbons (Fsp3) is 0.150. The Labute approximate surface area is 174 Å². The van der Waals surface area contributed by atoms with E-state index in [1.807, 2.05) is 0 Å². The van der Waals surface area contributed by atoms with Gasteiger partial charge in [0.25, 0.3) is 23.0 Å². The second-order valence-corrected chi connectivity index (χ2v) is 7.64. The number of carbonyl (C=O) groups excluding carboxylic acids is 4. The molecule has 2 aliphatic heterocycles. The normalized spacial score (nSPS) is 18.2. The van der Waals surface area contributed by atoms with Crippen molar-refractivity contribution in [2.24, 2.45) is 0 Å². The number of carboxylic acid groups (broad SMARTS) is 1. The molecule has 1 atom stereocenters. The molecule has 0 spiro atoms. The van der Waals surface area contributed by atoms with E-state index in [9.17, 15) is 24.0 Å². The number of amides is 4. The Morgan fingerprint density at radius 3 is 2.03 bits per heavy atom. The van der Waals surface area contributed by atoms with Gasteiger partial charge in [0.1, 0.15) is 0 Å². The molecule has 2 aromatic rings. The third-order valence-electron chi connectivity index (χ3n) is 4.78. The number of carbonyl (C=O) groups is 5. The SMILES string of the molecule is O=C(O)c1ccc(N[C@@H]2SC(=O)N(CCN3C(=O)c4ccccc4C3=O)C2=O)cc1. The molecule has 30 heavy (non-hydrogen) atoms. The summed E-state index contributed by atoms with van der Waals surface area (Å²) in [7, 11) is 0. The van der Waals surface area contributed by atoms with Crippen molar-refractivity contribution in [3.63, 3.8) is 0 Å². The molecule has 0 radical (unpaired) electrons. The molecule has 9 nitrogen and oxygen atoms in total. The number of hydrogen-bond donors (Lipinski definition) is 2. The minimum absolute atomic E-state index is 0.0928. The maximum absolute atomic E-state index is 12.6. The quantitative estimate of drug-likeness (QED) is 0.675. The van der Waals surface area contributed by atoms with Crippen molar-refractivity contribution in [1.29, 1.82) is 0 Å². The lowest BCUT2D eigenvalue weighted by Gasteiger charge is -2.19. The Hall–Kier alpha value is -3.66. The summed E-state index contributed by atoms with van der Waals surface area (Å²) in [6.45, 7) is -0.198. The van der Waals surface area contributed by atoms with Crippen molar-refractivity contribution in [1.82, 2.24) is 9.80 Å². The topological polar surface area (TPSA) is 124 Å². The largest absolute Gasteiger partial charge is 0.478 e. The molecule has 2 aliphatic rings. The second kappa shape index (κ2) is 7.64. The number of imide groups is 2. The molecule has 1 saturated heterocycles. The first-order chi connectivity index (χ1) is 14.4. The molecule has 1 fully saturated rings. The summed E-state index contributed by atoms with van der Waals surface area (Å²) in [5.74, 6) is -2.46. The van der Waals surface area contributed by atoms with Crippen LogP contribution in [0.2, 0.25) is 0 Å². The Balaban J connectivity index is 1.39. The number of aromatic carboxylic acids is 1. The third-order valence-corrected chi connectivity index (χ3v) is 5.76. The van der Waals surface area contributed by atoms with E-state index in [0.29, 0.717) is 16.8 Å². The van der Waals surface area contributed by atoms with Crippen LogP contribution < -0.4 is 5.32 Å². The van der Waals surface area contributed by atoms with Crippen LogP contribution in [0.5, 0.6) is 0 Å². The zero-order valence-electron chi connectivity index (χ0n) is 15.4. The number of benzene rings is 2. The molecule has 0 aliphatic carbocycles. The molecule has 4 amide bonds. The van der Waals surface area contributed by atoms with Crippen LogP contribution >= 0.6 is 11.8 Å². The van der Waals surface area contributed by atoms with Crippen molar-refractivity contribution in [2.75, 3.05) is 18.4 Å². The summed E-state index contributed by atoms with van der Waals surface area (Å²) in [5, 5.41) is 10.5. The Morgan fingerprint density at radius 1 is 0.900 bits per heavy atom. The monoisotopic (exact) mass is 425 g/mol. The predicted octanol–water partition coefficient (Wildman–Crippen LogP) is 2.11. The van der Waals surface area contributed by atoms with E-state index >= 15 is 0 Å². The zero-order valence-corrected chi connectivity index (χ0v) is 16.2. The molecule has 0 aromatic heterocycles. The first-order valence-corrected chi connectivity index (χ1v) is 9.82. The molecule has 10 heteroatoms. The van der Waals surface area contributed by atoms with Gasteiger partial charge in [-0.1, -0.05) is 12.1 Å². The Bertz CT molecular complexity index is 1050. The fourth-order valence-electron chi connectivity index (χ4n) is 3.24. The van der Waals surface area contributed by atoms with Crippen LogP contribution in [-0.4, -0.2) is 62.3 Å². The maximum atomic E-state index is 12.6.